The van der Waals surface area contributed by atoms with E-state index in [9.17, 15) is 9.59 Å². The van der Waals surface area contributed by atoms with E-state index in [4.69, 9.17) is 4.74 Å². The van der Waals surface area contributed by atoms with Crippen LogP contribution in [0.1, 0.15) is 25.3 Å². The van der Waals surface area contributed by atoms with Crippen LogP contribution < -0.4 is 5.56 Å². The second-order valence-electron chi connectivity index (χ2n) is 5.92. The van der Waals surface area contributed by atoms with Crippen molar-refractivity contribution in [3.63, 3.8) is 0 Å². The summed E-state index contributed by atoms with van der Waals surface area (Å²) in [6.07, 6.45) is 0. The number of hydrogen-bond donors (Lipinski definition) is 0. The van der Waals surface area contributed by atoms with E-state index < -0.39 is 0 Å². The number of aromatic nitrogens is 2. The Morgan fingerprint density at radius 1 is 1.12 bits per heavy atom. The molecule has 0 fully saturated rings. The van der Waals surface area contributed by atoms with Crippen molar-refractivity contribution in [1.82, 2.24) is 9.78 Å². The van der Waals surface area contributed by atoms with Crippen LogP contribution in [-0.4, -0.2) is 22.4 Å². The molecule has 5 heteroatoms. The highest BCUT2D eigenvalue weighted by Gasteiger charge is 2.17. The Hall–Kier alpha value is -2.95. The lowest BCUT2D eigenvalue weighted by molar-refractivity contribution is -0.144. The molecule has 0 saturated heterocycles. The molecular weight excluding hydrogens is 316 g/mol. The molecule has 0 bridgehead atoms. The summed E-state index contributed by atoms with van der Waals surface area (Å²) in [5.74, 6) is -0.556. The summed E-state index contributed by atoms with van der Waals surface area (Å²) in [5.41, 5.74) is 2.41. The summed E-state index contributed by atoms with van der Waals surface area (Å²) in [6, 6.07) is 15.1. The quantitative estimate of drug-likeness (QED) is 0.686. The largest absolute Gasteiger partial charge is 0.466 e. The standard InChI is InChI=1S/C20H20N2O3/c1-4-25-20(24)13(2)14-9-11-15(12-10-14)18-16-7-5-6-8-17(16)19(23)22(3)21-18/h5-13H,4H2,1-3H3. The summed E-state index contributed by atoms with van der Waals surface area (Å²) < 4.78 is 6.42. The van der Waals surface area contributed by atoms with Gasteiger partial charge in [-0.05, 0) is 25.5 Å². The molecule has 0 N–H and O–H groups in total. The Labute approximate surface area is 145 Å². The number of carbonyl (C=O) groups is 1. The molecule has 2 aromatic carbocycles. The van der Waals surface area contributed by atoms with E-state index in [-0.39, 0.29) is 17.4 Å². The third kappa shape index (κ3) is 3.18. The van der Waals surface area contributed by atoms with Crippen molar-refractivity contribution in [3.05, 3.63) is 64.4 Å². The van der Waals surface area contributed by atoms with Crippen LogP contribution in [0.4, 0.5) is 0 Å². The van der Waals surface area contributed by atoms with Crippen LogP contribution in [0.3, 0.4) is 0 Å². The summed E-state index contributed by atoms with van der Waals surface area (Å²) in [6.45, 7) is 3.99. The lowest BCUT2D eigenvalue weighted by atomic mass is 9.98. The van der Waals surface area contributed by atoms with Crippen molar-refractivity contribution in [2.75, 3.05) is 6.61 Å². The minimum Gasteiger partial charge on any atom is -0.466 e. The van der Waals surface area contributed by atoms with Gasteiger partial charge in [0, 0.05) is 18.0 Å². The van der Waals surface area contributed by atoms with E-state index in [0.29, 0.717) is 12.0 Å². The summed E-state index contributed by atoms with van der Waals surface area (Å²) in [5, 5.41) is 5.88. The Bertz CT molecular complexity index is 974. The van der Waals surface area contributed by atoms with Gasteiger partial charge < -0.3 is 4.74 Å². The van der Waals surface area contributed by atoms with Crippen molar-refractivity contribution >= 4 is 16.7 Å². The minimum atomic E-state index is -0.321. The van der Waals surface area contributed by atoms with E-state index in [1.165, 1.54) is 4.68 Å². The van der Waals surface area contributed by atoms with E-state index in [1.54, 1.807) is 20.0 Å². The lowest BCUT2D eigenvalue weighted by Gasteiger charge is -2.12. The molecule has 3 rings (SSSR count). The van der Waals surface area contributed by atoms with Crippen LogP contribution in [0.5, 0.6) is 0 Å². The zero-order valence-electron chi connectivity index (χ0n) is 14.5. The second kappa shape index (κ2) is 6.89. The van der Waals surface area contributed by atoms with Gasteiger partial charge in [-0.25, -0.2) is 4.68 Å². The minimum absolute atomic E-state index is 0.119. The van der Waals surface area contributed by atoms with Crippen LogP contribution >= 0.6 is 0 Å². The van der Waals surface area contributed by atoms with Crippen molar-refractivity contribution < 1.29 is 9.53 Å². The molecule has 0 radical (unpaired) electrons. The Morgan fingerprint density at radius 3 is 2.40 bits per heavy atom. The topological polar surface area (TPSA) is 61.2 Å². The first-order chi connectivity index (χ1) is 12.0. The van der Waals surface area contributed by atoms with Gasteiger partial charge in [0.2, 0.25) is 0 Å². The first-order valence-electron chi connectivity index (χ1n) is 8.26. The predicted molar refractivity (Wildman–Crippen MR) is 97.5 cm³/mol. The Kier molecular flexibility index (Phi) is 4.65. The molecule has 0 aliphatic heterocycles. The summed E-state index contributed by atoms with van der Waals surface area (Å²) in [7, 11) is 1.65. The molecule has 0 saturated carbocycles. The molecule has 1 heterocycles. The molecule has 1 unspecified atom stereocenters. The SMILES string of the molecule is CCOC(=O)C(C)c1ccc(-c2nn(C)c(=O)c3ccccc23)cc1. The van der Waals surface area contributed by atoms with Gasteiger partial charge in [0.05, 0.1) is 23.6 Å². The Morgan fingerprint density at radius 2 is 1.76 bits per heavy atom. The van der Waals surface area contributed by atoms with Crippen molar-refractivity contribution in [2.45, 2.75) is 19.8 Å². The third-order valence-corrected chi connectivity index (χ3v) is 4.28. The molecule has 0 spiro atoms. The van der Waals surface area contributed by atoms with Crippen LogP contribution in [0.25, 0.3) is 22.0 Å². The van der Waals surface area contributed by atoms with Crippen LogP contribution in [0, 0.1) is 0 Å². The van der Waals surface area contributed by atoms with Crippen LogP contribution in [-0.2, 0) is 16.6 Å². The highest BCUT2D eigenvalue weighted by Crippen LogP contribution is 2.26. The van der Waals surface area contributed by atoms with E-state index in [0.717, 1.165) is 22.2 Å². The van der Waals surface area contributed by atoms with Crippen LogP contribution in [0.2, 0.25) is 0 Å². The zero-order valence-corrected chi connectivity index (χ0v) is 14.5. The first kappa shape index (κ1) is 16.9. The maximum atomic E-state index is 12.2. The number of aryl methyl sites for hydroxylation is 1. The van der Waals surface area contributed by atoms with Crippen molar-refractivity contribution in [3.8, 4) is 11.3 Å². The van der Waals surface area contributed by atoms with E-state index >= 15 is 0 Å². The fraction of sp³-hybridized carbons (Fsp3) is 0.250. The number of carbonyl (C=O) groups excluding carboxylic acids is 1. The highest BCUT2D eigenvalue weighted by molar-refractivity contribution is 5.93. The van der Waals surface area contributed by atoms with Gasteiger partial charge >= 0.3 is 5.97 Å². The first-order valence-corrected chi connectivity index (χ1v) is 8.26. The molecule has 0 aliphatic rings. The molecule has 0 aliphatic carbocycles. The molecule has 5 nitrogen and oxygen atoms in total. The number of rotatable bonds is 4. The van der Waals surface area contributed by atoms with Gasteiger partial charge in [-0.1, -0.05) is 42.5 Å². The molecular formula is C20H20N2O3. The molecule has 128 valence electrons. The van der Waals surface area contributed by atoms with Crippen LogP contribution in [0.15, 0.2) is 53.3 Å². The van der Waals surface area contributed by atoms with E-state index in [1.807, 2.05) is 49.4 Å². The Balaban J connectivity index is 2.04. The predicted octanol–water partition coefficient (Wildman–Crippen LogP) is 3.27. The maximum Gasteiger partial charge on any atom is 0.313 e. The number of benzene rings is 2. The van der Waals surface area contributed by atoms with Gasteiger partial charge in [0.15, 0.2) is 0 Å². The van der Waals surface area contributed by atoms with Gasteiger partial charge in [-0.15, -0.1) is 0 Å². The summed E-state index contributed by atoms with van der Waals surface area (Å²) in [4.78, 5) is 24.1. The van der Waals surface area contributed by atoms with Crippen molar-refractivity contribution in [1.29, 1.82) is 0 Å². The maximum absolute atomic E-state index is 12.2. The van der Waals surface area contributed by atoms with Gasteiger partial charge in [-0.3, -0.25) is 9.59 Å². The number of esters is 1. The zero-order chi connectivity index (χ0) is 18.0. The molecule has 25 heavy (non-hydrogen) atoms. The normalized spacial score (nSPS) is 12.1. The van der Waals surface area contributed by atoms with Gasteiger partial charge in [0.25, 0.3) is 5.56 Å². The summed E-state index contributed by atoms with van der Waals surface area (Å²) >= 11 is 0. The molecule has 3 aromatic rings. The molecule has 1 aromatic heterocycles. The smallest absolute Gasteiger partial charge is 0.313 e. The second-order valence-corrected chi connectivity index (χ2v) is 5.92. The van der Waals surface area contributed by atoms with E-state index in [2.05, 4.69) is 5.10 Å². The number of nitrogens with zero attached hydrogens (tertiary/aromatic N) is 2. The number of ether oxygens (including phenoxy) is 1. The molecule has 0 amide bonds. The average molecular weight is 336 g/mol. The molecule has 1 atom stereocenters. The van der Waals surface area contributed by atoms with Crippen molar-refractivity contribution in [2.24, 2.45) is 7.05 Å². The lowest BCUT2D eigenvalue weighted by Crippen LogP contribution is -2.20. The van der Waals surface area contributed by atoms with Gasteiger partial charge in [-0.2, -0.15) is 5.10 Å². The fourth-order valence-electron chi connectivity index (χ4n) is 2.85. The third-order valence-electron chi connectivity index (χ3n) is 4.28. The highest BCUT2D eigenvalue weighted by atomic mass is 16.5. The number of fused-ring (bicyclic) bond motifs is 1. The fourth-order valence-corrected chi connectivity index (χ4v) is 2.85. The number of hydrogen-bond acceptors (Lipinski definition) is 4. The van der Waals surface area contributed by atoms with Gasteiger partial charge in [0.1, 0.15) is 0 Å². The average Bonchev–Trinajstić information content (AvgIpc) is 2.64. The monoisotopic (exact) mass is 336 g/mol.